The lowest BCUT2D eigenvalue weighted by atomic mass is 10.0. The van der Waals surface area contributed by atoms with Gasteiger partial charge < -0.3 is 14.2 Å². The molecule has 1 unspecified atom stereocenters. The van der Waals surface area contributed by atoms with Gasteiger partial charge in [-0.3, -0.25) is 14.4 Å². The number of allylic oxidation sites excluding steroid dienone is 14. The first-order chi connectivity index (χ1) is 41.0. The largest absolute Gasteiger partial charge is 0.462 e. The van der Waals surface area contributed by atoms with Crippen LogP contribution in [0.1, 0.15) is 367 Å². The Morgan fingerprint density at radius 3 is 0.747 bits per heavy atom. The van der Waals surface area contributed by atoms with Gasteiger partial charge in [0.15, 0.2) is 6.10 Å². The quantitative estimate of drug-likeness (QED) is 0.0261. The highest BCUT2D eigenvalue weighted by Crippen LogP contribution is 2.17. The summed E-state index contributed by atoms with van der Waals surface area (Å²) in [5.74, 6) is -0.873. The first-order valence-corrected chi connectivity index (χ1v) is 36.1. The summed E-state index contributed by atoms with van der Waals surface area (Å²) in [6, 6.07) is 0. The molecule has 0 aliphatic heterocycles. The molecule has 6 nitrogen and oxygen atoms in total. The SMILES string of the molecule is CC/C=C\C/C=C\C/C=C\C/C=C\C/C=C\CCCCCCCCCC(=O)OCC(COC(=O)CCCCCCCCCCC/C=C\CCCCCCCC)OC(=O)CCCCCCCCCCCCC/C=C\CCCCCCCCCC. The molecule has 0 heterocycles. The third-order valence-corrected chi connectivity index (χ3v) is 15.9. The summed E-state index contributed by atoms with van der Waals surface area (Å²) in [4.78, 5) is 38.5. The van der Waals surface area contributed by atoms with Crippen molar-refractivity contribution in [3.05, 3.63) is 85.1 Å². The molecule has 0 saturated heterocycles. The molecule has 0 aromatic rings. The lowest BCUT2D eigenvalue weighted by Crippen LogP contribution is -2.30. The molecule has 0 fully saturated rings. The van der Waals surface area contributed by atoms with Gasteiger partial charge in [0.25, 0.3) is 0 Å². The van der Waals surface area contributed by atoms with E-state index in [0.717, 1.165) is 96.3 Å². The highest BCUT2D eigenvalue weighted by molar-refractivity contribution is 5.71. The number of unbranched alkanes of at least 4 members (excludes halogenated alkanes) is 41. The van der Waals surface area contributed by atoms with Crippen LogP contribution in [0.15, 0.2) is 85.1 Å². The third-order valence-electron chi connectivity index (χ3n) is 15.9. The minimum absolute atomic E-state index is 0.0791. The zero-order valence-electron chi connectivity index (χ0n) is 55.2. The fourth-order valence-corrected chi connectivity index (χ4v) is 10.5. The van der Waals surface area contributed by atoms with Gasteiger partial charge in [-0.25, -0.2) is 0 Å². The van der Waals surface area contributed by atoms with Crippen LogP contribution in [0.5, 0.6) is 0 Å². The molecule has 0 aromatic heterocycles. The van der Waals surface area contributed by atoms with E-state index in [2.05, 4.69) is 106 Å². The fourth-order valence-electron chi connectivity index (χ4n) is 10.5. The number of hydrogen-bond acceptors (Lipinski definition) is 6. The summed E-state index contributed by atoms with van der Waals surface area (Å²) in [5.41, 5.74) is 0. The Morgan fingerprint density at radius 2 is 0.470 bits per heavy atom. The second-order valence-corrected chi connectivity index (χ2v) is 24.1. The van der Waals surface area contributed by atoms with E-state index in [1.165, 1.54) is 231 Å². The molecule has 1 atom stereocenters. The number of hydrogen-bond donors (Lipinski definition) is 0. The van der Waals surface area contributed by atoms with Crippen LogP contribution in [-0.4, -0.2) is 37.2 Å². The van der Waals surface area contributed by atoms with Crippen LogP contribution >= 0.6 is 0 Å². The first kappa shape index (κ1) is 79.6. The van der Waals surface area contributed by atoms with Gasteiger partial charge in [0.2, 0.25) is 0 Å². The minimum Gasteiger partial charge on any atom is -0.462 e. The number of ether oxygens (including phenoxy) is 3. The average Bonchev–Trinajstić information content (AvgIpc) is 3.49. The Balaban J connectivity index is 4.38. The highest BCUT2D eigenvalue weighted by atomic mass is 16.6. The summed E-state index contributed by atoms with van der Waals surface area (Å²) in [6.07, 6.45) is 94.6. The van der Waals surface area contributed by atoms with E-state index >= 15 is 0 Å². The van der Waals surface area contributed by atoms with Crippen molar-refractivity contribution in [1.29, 1.82) is 0 Å². The van der Waals surface area contributed by atoms with Crippen LogP contribution in [0.25, 0.3) is 0 Å². The molecule has 0 saturated carbocycles. The molecule has 83 heavy (non-hydrogen) atoms. The van der Waals surface area contributed by atoms with Gasteiger partial charge in [0, 0.05) is 19.3 Å². The average molecular weight is 1160 g/mol. The summed E-state index contributed by atoms with van der Waals surface area (Å²) in [6.45, 7) is 6.57. The monoisotopic (exact) mass is 1160 g/mol. The number of carbonyl (C=O) groups is 3. The van der Waals surface area contributed by atoms with E-state index in [9.17, 15) is 14.4 Å². The van der Waals surface area contributed by atoms with Crippen molar-refractivity contribution in [2.24, 2.45) is 0 Å². The van der Waals surface area contributed by atoms with Gasteiger partial charge in [-0.1, -0.05) is 318 Å². The standard InChI is InChI=1S/C77H136O6/c1-4-7-10-13-16-19-22-25-28-31-34-36-38-40-43-46-49-52-55-58-61-64-67-70-76(79)82-73-74(72-81-75(78)69-66-63-60-57-54-51-48-45-42-33-30-27-24-21-18-15-12-9-6-3)83-77(80)71-68-65-62-59-56-53-50-47-44-41-39-37-35-32-29-26-23-20-17-14-11-8-5-2/h7,10,16,19,25,27-28,30,32,34-36,40,43,74H,4-6,8-9,11-15,17-18,20-24,26,29,31,33,37-39,41-42,44-73H2,1-3H3/b10-7-,19-16-,28-25-,30-27-,35-32-,36-34-,43-40-. The normalized spacial score (nSPS) is 12.6. The minimum atomic E-state index is -0.785. The highest BCUT2D eigenvalue weighted by Gasteiger charge is 2.19. The maximum atomic E-state index is 13.0. The van der Waals surface area contributed by atoms with Crippen molar-refractivity contribution in [3.63, 3.8) is 0 Å². The van der Waals surface area contributed by atoms with Gasteiger partial charge in [0.05, 0.1) is 0 Å². The number of carbonyl (C=O) groups excluding carboxylic acids is 3. The molecule has 0 aromatic carbocycles. The molecule has 6 heteroatoms. The van der Waals surface area contributed by atoms with Crippen molar-refractivity contribution in [2.45, 2.75) is 374 Å². The van der Waals surface area contributed by atoms with Gasteiger partial charge in [0.1, 0.15) is 13.2 Å². The Bertz CT molecular complexity index is 1570. The van der Waals surface area contributed by atoms with Gasteiger partial charge in [-0.2, -0.15) is 0 Å². The van der Waals surface area contributed by atoms with E-state index in [1.807, 2.05) is 0 Å². The summed E-state index contributed by atoms with van der Waals surface area (Å²) in [7, 11) is 0. The van der Waals surface area contributed by atoms with E-state index < -0.39 is 6.10 Å². The molecular weight excluding hydrogens is 1020 g/mol. The molecule has 0 bridgehead atoms. The van der Waals surface area contributed by atoms with Gasteiger partial charge in [-0.15, -0.1) is 0 Å². The predicted octanol–water partition coefficient (Wildman–Crippen LogP) is 25.0. The van der Waals surface area contributed by atoms with Crippen LogP contribution in [0.3, 0.4) is 0 Å². The van der Waals surface area contributed by atoms with Crippen LogP contribution in [0, 0.1) is 0 Å². The van der Waals surface area contributed by atoms with E-state index in [4.69, 9.17) is 14.2 Å². The zero-order valence-corrected chi connectivity index (χ0v) is 55.2. The summed E-state index contributed by atoms with van der Waals surface area (Å²) < 4.78 is 17.0. The molecular formula is C77H136O6. The maximum absolute atomic E-state index is 13.0. The second kappa shape index (κ2) is 71.1. The van der Waals surface area contributed by atoms with Crippen LogP contribution in [0.2, 0.25) is 0 Å². The molecule has 0 spiro atoms. The lowest BCUT2D eigenvalue weighted by Gasteiger charge is -2.18. The smallest absolute Gasteiger partial charge is 0.306 e. The van der Waals surface area contributed by atoms with Crippen molar-refractivity contribution >= 4 is 17.9 Å². The lowest BCUT2D eigenvalue weighted by molar-refractivity contribution is -0.167. The molecule has 480 valence electrons. The molecule has 0 N–H and O–H groups in total. The zero-order chi connectivity index (χ0) is 59.9. The van der Waals surface area contributed by atoms with E-state index in [1.54, 1.807) is 0 Å². The number of esters is 3. The molecule has 0 radical (unpaired) electrons. The third kappa shape index (κ3) is 69.3. The second-order valence-electron chi connectivity index (χ2n) is 24.1. The Hall–Kier alpha value is -3.41. The Kier molecular flexibility index (Phi) is 68.2. The summed E-state index contributed by atoms with van der Waals surface area (Å²) in [5, 5.41) is 0. The van der Waals surface area contributed by atoms with E-state index in [-0.39, 0.29) is 31.1 Å². The Morgan fingerprint density at radius 1 is 0.253 bits per heavy atom. The fraction of sp³-hybridized carbons (Fsp3) is 0.779. The first-order valence-electron chi connectivity index (χ1n) is 36.1. The summed E-state index contributed by atoms with van der Waals surface area (Å²) >= 11 is 0. The van der Waals surface area contributed by atoms with Crippen LogP contribution < -0.4 is 0 Å². The topological polar surface area (TPSA) is 78.9 Å². The molecule has 0 rings (SSSR count). The van der Waals surface area contributed by atoms with E-state index in [0.29, 0.717) is 19.3 Å². The van der Waals surface area contributed by atoms with Crippen molar-refractivity contribution in [3.8, 4) is 0 Å². The van der Waals surface area contributed by atoms with Crippen molar-refractivity contribution in [1.82, 2.24) is 0 Å². The molecule has 0 aliphatic carbocycles. The van der Waals surface area contributed by atoms with Crippen molar-refractivity contribution in [2.75, 3.05) is 13.2 Å². The molecule has 0 aliphatic rings. The van der Waals surface area contributed by atoms with Crippen molar-refractivity contribution < 1.29 is 28.6 Å². The van der Waals surface area contributed by atoms with Crippen LogP contribution in [-0.2, 0) is 28.6 Å². The van der Waals surface area contributed by atoms with Gasteiger partial charge in [-0.05, 0) is 116 Å². The van der Waals surface area contributed by atoms with Gasteiger partial charge >= 0.3 is 17.9 Å². The predicted molar refractivity (Wildman–Crippen MR) is 362 cm³/mol. The Labute approximate surface area is 515 Å². The molecule has 0 amide bonds. The van der Waals surface area contributed by atoms with Crippen LogP contribution in [0.4, 0.5) is 0 Å². The number of rotatable bonds is 66. The maximum Gasteiger partial charge on any atom is 0.306 e.